The second-order valence-corrected chi connectivity index (χ2v) is 9.33. The van der Waals surface area contributed by atoms with E-state index in [0.717, 1.165) is 54.1 Å². The molecule has 3 heterocycles. The van der Waals surface area contributed by atoms with E-state index in [1.807, 2.05) is 12.1 Å². The molecule has 5 rings (SSSR count). The van der Waals surface area contributed by atoms with E-state index < -0.39 is 0 Å². The molecule has 6 heteroatoms. The molecule has 2 aliphatic rings. The van der Waals surface area contributed by atoms with Crippen molar-refractivity contribution in [2.75, 3.05) is 6.61 Å². The Morgan fingerprint density at radius 1 is 1.32 bits per heavy atom. The van der Waals surface area contributed by atoms with E-state index in [-0.39, 0.29) is 11.6 Å². The van der Waals surface area contributed by atoms with Gasteiger partial charge >= 0.3 is 0 Å². The molecule has 3 N–H and O–H groups in total. The van der Waals surface area contributed by atoms with Gasteiger partial charge in [-0.15, -0.1) is 11.3 Å². The minimum absolute atomic E-state index is 0.0275. The first-order valence-electron chi connectivity index (χ1n) is 10.2. The highest BCUT2D eigenvalue weighted by Crippen LogP contribution is 2.36. The van der Waals surface area contributed by atoms with Crippen LogP contribution in [0.15, 0.2) is 29.1 Å². The lowest BCUT2D eigenvalue weighted by molar-refractivity contribution is -0.734. The zero-order valence-corrected chi connectivity index (χ0v) is 17.1. The molecule has 1 aromatic carbocycles. The number of aryl methyl sites for hydroxylation is 1. The number of nitrogens with two attached hydrogens (primary N) is 1. The number of aromatic amines is 1. The maximum atomic E-state index is 12.9. The van der Waals surface area contributed by atoms with Crippen molar-refractivity contribution in [1.29, 1.82) is 0 Å². The van der Waals surface area contributed by atoms with Crippen LogP contribution in [0.4, 0.5) is 0 Å². The average molecular weight is 397 g/mol. The summed E-state index contributed by atoms with van der Waals surface area (Å²) in [6, 6.07) is 8.63. The van der Waals surface area contributed by atoms with Crippen molar-refractivity contribution >= 4 is 21.6 Å². The van der Waals surface area contributed by atoms with Crippen LogP contribution in [0.25, 0.3) is 10.2 Å². The number of H-pyrrole nitrogens is 1. The topological polar surface area (TPSA) is 71.6 Å². The van der Waals surface area contributed by atoms with E-state index in [1.165, 1.54) is 16.0 Å². The molecule has 2 aromatic heterocycles. The second kappa shape index (κ2) is 7.01. The van der Waals surface area contributed by atoms with Gasteiger partial charge in [-0.3, -0.25) is 4.79 Å². The molecule has 3 atom stereocenters. The zero-order chi connectivity index (χ0) is 19.3. The van der Waals surface area contributed by atoms with Crippen LogP contribution >= 0.6 is 11.3 Å². The fourth-order valence-electron chi connectivity index (χ4n) is 4.59. The molecule has 146 valence electrons. The number of hydrogen-bond donors (Lipinski definition) is 2. The summed E-state index contributed by atoms with van der Waals surface area (Å²) in [5.74, 6) is 2.44. The van der Waals surface area contributed by atoms with Crippen molar-refractivity contribution in [3.8, 4) is 5.75 Å². The summed E-state index contributed by atoms with van der Waals surface area (Å²) >= 11 is 1.72. The number of ether oxygens (including phenoxy) is 1. The van der Waals surface area contributed by atoms with Gasteiger partial charge in [0.2, 0.25) is 0 Å². The molecule has 0 saturated carbocycles. The summed E-state index contributed by atoms with van der Waals surface area (Å²) < 4.78 is 5.78. The van der Waals surface area contributed by atoms with Gasteiger partial charge in [0.25, 0.3) is 5.56 Å². The first-order valence-corrected chi connectivity index (χ1v) is 11.0. The number of para-hydroxylation sites is 1. The van der Waals surface area contributed by atoms with Gasteiger partial charge in [0.1, 0.15) is 22.7 Å². The summed E-state index contributed by atoms with van der Waals surface area (Å²) in [5, 5.41) is 3.14. The fourth-order valence-corrected chi connectivity index (χ4v) is 5.98. The van der Waals surface area contributed by atoms with Crippen LogP contribution in [0.3, 0.4) is 0 Å². The number of quaternary nitrogens is 1. The van der Waals surface area contributed by atoms with Gasteiger partial charge in [0.15, 0.2) is 5.82 Å². The molecular weight excluding hydrogens is 370 g/mol. The maximum Gasteiger partial charge on any atom is 0.260 e. The first kappa shape index (κ1) is 17.9. The Morgan fingerprint density at radius 3 is 3.07 bits per heavy atom. The van der Waals surface area contributed by atoms with E-state index in [1.54, 1.807) is 11.3 Å². The number of rotatable bonds is 3. The SMILES string of the molecule is C[C@H]1CCc2c(sc3nc([C@H](C)[NH2+][C@@H]4CCOc5ccccc54)[nH]c(=O)c23)C1. The molecule has 0 amide bonds. The molecule has 0 bridgehead atoms. The van der Waals surface area contributed by atoms with E-state index in [4.69, 9.17) is 9.72 Å². The van der Waals surface area contributed by atoms with Crippen LogP contribution in [0.5, 0.6) is 5.75 Å². The minimum atomic E-state index is 0.0275. The molecule has 5 nitrogen and oxygen atoms in total. The third-order valence-electron chi connectivity index (χ3n) is 6.14. The lowest BCUT2D eigenvalue weighted by Crippen LogP contribution is -2.86. The second-order valence-electron chi connectivity index (χ2n) is 8.25. The van der Waals surface area contributed by atoms with Crippen LogP contribution in [-0.4, -0.2) is 16.6 Å². The van der Waals surface area contributed by atoms with Crippen LogP contribution in [0.1, 0.15) is 60.6 Å². The lowest BCUT2D eigenvalue weighted by Gasteiger charge is -2.26. The predicted molar refractivity (Wildman–Crippen MR) is 111 cm³/mol. The Morgan fingerprint density at radius 2 is 2.18 bits per heavy atom. The van der Waals surface area contributed by atoms with Crippen LogP contribution in [0.2, 0.25) is 0 Å². The maximum absolute atomic E-state index is 12.9. The van der Waals surface area contributed by atoms with Crippen LogP contribution < -0.4 is 15.6 Å². The number of nitrogens with one attached hydrogen (secondary N) is 1. The van der Waals surface area contributed by atoms with Crippen molar-refractivity contribution in [2.24, 2.45) is 5.92 Å². The van der Waals surface area contributed by atoms with Crippen LogP contribution in [0, 0.1) is 5.92 Å². The van der Waals surface area contributed by atoms with E-state index in [0.29, 0.717) is 12.0 Å². The highest BCUT2D eigenvalue weighted by atomic mass is 32.1. The minimum Gasteiger partial charge on any atom is -0.493 e. The van der Waals surface area contributed by atoms with Crippen molar-refractivity contribution in [1.82, 2.24) is 9.97 Å². The molecular formula is C22H26N3O2S+. The van der Waals surface area contributed by atoms with Crippen molar-refractivity contribution in [2.45, 2.75) is 51.6 Å². The van der Waals surface area contributed by atoms with Gasteiger partial charge in [-0.1, -0.05) is 19.1 Å². The predicted octanol–water partition coefficient (Wildman–Crippen LogP) is 3.26. The molecule has 0 unspecified atom stereocenters. The molecule has 0 radical (unpaired) electrons. The van der Waals surface area contributed by atoms with Gasteiger partial charge in [0, 0.05) is 11.3 Å². The Labute approximate surface area is 168 Å². The Bertz CT molecular complexity index is 1090. The third-order valence-corrected chi connectivity index (χ3v) is 7.29. The largest absolute Gasteiger partial charge is 0.493 e. The number of aromatic nitrogens is 2. The van der Waals surface area contributed by atoms with E-state index in [9.17, 15) is 4.79 Å². The zero-order valence-electron chi connectivity index (χ0n) is 16.3. The summed E-state index contributed by atoms with van der Waals surface area (Å²) in [5.41, 5.74) is 2.50. The highest BCUT2D eigenvalue weighted by Gasteiger charge is 2.28. The summed E-state index contributed by atoms with van der Waals surface area (Å²) in [6.07, 6.45) is 4.19. The highest BCUT2D eigenvalue weighted by molar-refractivity contribution is 7.18. The average Bonchev–Trinajstić information content (AvgIpc) is 3.06. The molecule has 28 heavy (non-hydrogen) atoms. The molecule has 0 saturated heterocycles. The van der Waals surface area contributed by atoms with Gasteiger partial charge in [-0.25, -0.2) is 4.98 Å². The van der Waals surface area contributed by atoms with Gasteiger partial charge in [-0.05, 0) is 49.8 Å². The number of fused-ring (bicyclic) bond motifs is 4. The van der Waals surface area contributed by atoms with E-state index >= 15 is 0 Å². The first-order chi connectivity index (χ1) is 13.6. The van der Waals surface area contributed by atoms with Crippen molar-refractivity contribution < 1.29 is 10.1 Å². The summed E-state index contributed by atoms with van der Waals surface area (Å²) in [7, 11) is 0. The molecule has 1 aliphatic carbocycles. The monoisotopic (exact) mass is 396 g/mol. The quantitative estimate of drug-likeness (QED) is 0.714. The standard InChI is InChI=1S/C22H25N3O2S/c1-12-7-8-15-18(11-12)28-22-19(15)21(26)24-20(25-22)13(2)23-16-9-10-27-17-6-4-3-5-14(16)17/h3-6,12-13,16,23H,7-11H2,1-2H3,(H,24,25,26)/p+1/t12-,13-,16+/m0/s1. The smallest absolute Gasteiger partial charge is 0.260 e. The van der Waals surface area contributed by atoms with Crippen molar-refractivity contribution in [3.05, 3.63) is 56.4 Å². The molecule has 0 fully saturated rings. The summed E-state index contributed by atoms with van der Waals surface area (Å²) in [6.45, 7) is 5.14. The molecule has 0 spiro atoms. The van der Waals surface area contributed by atoms with Crippen molar-refractivity contribution in [3.63, 3.8) is 0 Å². The fraction of sp³-hybridized carbons (Fsp3) is 0.455. The molecule has 1 aliphatic heterocycles. The number of thiophene rings is 1. The van der Waals surface area contributed by atoms with Gasteiger partial charge < -0.3 is 15.0 Å². The number of nitrogens with zero attached hydrogens (tertiary/aromatic N) is 1. The van der Waals surface area contributed by atoms with Gasteiger partial charge in [-0.2, -0.15) is 0 Å². The Balaban J connectivity index is 1.46. The number of benzene rings is 1. The van der Waals surface area contributed by atoms with Crippen LogP contribution in [-0.2, 0) is 12.8 Å². The lowest BCUT2D eigenvalue weighted by atomic mass is 9.89. The summed E-state index contributed by atoms with van der Waals surface area (Å²) in [4.78, 5) is 23.1. The van der Waals surface area contributed by atoms with Gasteiger partial charge in [0.05, 0.1) is 17.6 Å². The number of hydrogen-bond acceptors (Lipinski definition) is 4. The Kier molecular flexibility index (Phi) is 4.48. The molecule has 3 aromatic rings. The normalized spacial score (nSPS) is 22.4. The van der Waals surface area contributed by atoms with E-state index in [2.05, 4.69) is 36.3 Å². The third kappa shape index (κ3) is 3.05. The Hall–Kier alpha value is -2.18.